The van der Waals surface area contributed by atoms with E-state index in [4.69, 9.17) is 14.2 Å². The van der Waals surface area contributed by atoms with E-state index in [-0.39, 0.29) is 37.4 Å². The van der Waals surface area contributed by atoms with Crippen LogP contribution in [0.4, 0.5) is 0 Å². The van der Waals surface area contributed by atoms with E-state index in [1.165, 1.54) is 19.9 Å². The van der Waals surface area contributed by atoms with E-state index >= 15 is 0 Å². The fourth-order valence-corrected chi connectivity index (χ4v) is 1.59. The fourth-order valence-electron chi connectivity index (χ4n) is 1.59. The van der Waals surface area contributed by atoms with Crippen molar-refractivity contribution in [1.82, 2.24) is 0 Å². The summed E-state index contributed by atoms with van der Waals surface area (Å²) in [4.78, 5) is 45.8. The van der Waals surface area contributed by atoms with Crippen LogP contribution in [0.1, 0.15) is 20.3 Å². The van der Waals surface area contributed by atoms with Crippen LogP contribution in [0.25, 0.3) is 0 Å². The van der Waals surface area contributed by atoms with Gasteiger partial charge in [-0.25, -0.2) is 19.2 Å². The van der Waals surface area contributed by atoms with Crippen molar-refractivity contribution < 1.29 is 43.2 Å². The maximum Gasteiger partial charge on any atom is 0.333 e. The largest absolute Gasteiger partial charge is 0.460 e. The van der Waals surface area contributed by atoms with Crippen molar-refractivity contribution in [3.8, 4) is 0 Å². The predicted octanol–water partition coefficient (Wildman–Crippen LogP) is 1.17. The molecule has 0 amide bonds. The summed E-state index contributed by atoms with van der Waals surface area (Å²) in [7, 11) is 0. The third kappa shape index (κ3) is 12.0. The van der Waals surface area contributed by atoms with Gasteiger partial charge >= 0.3 is 23.9 Å². The third-order valence-electron chi connectivity index (χ3n) is 3.20. The number of hydrogen-bond donors (Lipinski definition) is 1. The molecule has 0 aromatic heterocycles. The highest BCUT2D eigenvalue weighted by Crippen LogP contribution is 2.07. The standard InChI is InChI=1S/C20H26O9/c1-6-17(22)26-10-15(21)9-8-14(5)20(25)29-16(11-27-18(23)7-2)12-28-19(24)13(3)4/h6-8,15-16,21H,1-3,9-12H2,4-5H3. The lowest BCUT2D eigenvalue weighted by Crippen LogP contribution is -2.31. The first-order valence-electron chi connectivity index (χ1n) is 8.57. The molecule has 0 rings (SSSR count). The maximum absolute atomic E-state index is 12.2. The van der Waals surface area contributed by atoms with Gasteiger partial charge in [0, 0.05) is 23.3 Å². The van der Waals surface area contributed by atoms with Crippen molar-refractivity contribution >= 4 is 23.9 Å². The van der Waals surface area contributed by atoms with Gasteiger partial charge in [0.05, 0.1) is 6.10 Å². The molecular weight excluding hydrogens is 384 g/mol. The lowest BCUT2D eigenvalue weighted by Gasteiger charge is -2.18. The molecule has 0 aromatic carbocycles. The number of hydrogen-bond acceptors (Lipinski definition) is 9. The topological polar surface area (TPSA) is 125 Å². The number of ether oxygens (including phenoxy) is 4. The van der Waals surface area contributed by atoms with Crippen molar-refractivity contribution in [3.05, 3.63) is 49.1 Å². The molecule has 0 aliphatic heterocycles. The minimum Gasteiger partial charge on any atom is -0.460 e. The first-order valence-corrected chi connectivity index (χ1v) is 8.57. The monoisotopic (exact) mass is 410 g/mol. The van der Waals surface area contributed by atoms with Gasteiger partial charge in [0.25, 0.3) is 0 Å². The highest BCUT2D eigenvalue weighted by atomic mass is 16.6. The Balaban J connectivity index is 4.79. The molecule has 0 spiro atoms. The second kappa shape index (κ2) is 13.9. The average Bonchev–Trinajstić information content (AvgIpc) is 2.70. The Kier molecular flexibility index (Phi) is 12.4. The molecule has 29 heavy (non-hydrogen) atoms. The van der Waals surface area contributed by atoms with E-state index < -0.39 is 36.1 Å². The Morgan fingerprint density at radius 3 is 1.93 bits per heavy atom. The summed E-state index contributed by atoms with van der Waals surface area (Å²) >= 11 is 0. The van der Waals surface area contributed by atoms with Crippen LogP contribution in [0.5, 0.6) is 0 Å². The second-order valence-corrected chi connectivity index (χ2v) is 5.85. The summed E-state index contributed by atoms with van der Waals surface area (Å²) in [5.74, 6) is -2.87. The number of aliphatic hydroxyl groups is 1. The Morgan fingerprint density at radius 1 is 0.897 bits per heavy atom. The second-order valence-electron chi connectivity index (χ2n) is 5.85. The Hall–Kier alpha value is -3.20. The SMILES string of the molecule is C=CC(=O)OCC(O)CC=C(C)C(=O)OC(COC(=O)C=C)COC(=O)C(=C)C. The van der Waals surface area contributed by atoms with E-state index in [0.717, 1.165) is 12.2 Å². The number of carbonyl (C=O) groups excluding carboxylic acids is 4. The van der Waals surface area contributed by atoms with Crippen LogP contribution >= 0.6 is 0 Å². The number of carbonyl (C=O) groups is 4. The highest BCUT2D eigenvalue weighted by molar-refractivity contribution is 5.88. The number of aliphatic hydroxyl groups excluding tert-OH is 1. The molecule has 2 unspecified atom stereocenters. The summed E-state index contributed by atoms with van der Waals surface area (Å²) in [6.45, 7) is 11.8. The maximum atomic E-state index is 12.2. The van der Waals surface area contributed by atoms with Crippen LogP contribution in [0.2, 0.25) is 0 Å². The summed E-state index contributed by atoms with van der Waals surface area (Å²) in [6, 6.07) is 0. The lowest BCUT2D eigenvalue weighted by atomic mass is 10.2. The van der Waals surface area contributed by atoms with E-state index in [9.17, 15) is 24.3 Å². The summed E-state index contributed by atoms with van der Waals surface area (Å²) < 4.78 is 19.6. The van der Waals surface area contributed by atoms with Crippen LogP contribution in [0, 0.1) is 0 Å². The quantitative estimate of drug-likeness (QED) is 0.270. The fraction of sp³-hybridized carbons (Fsp3) is 0.400. The van der Waals surface area contributed by atoms with Gasteiger partial charge in [-0.05, 0) is 20.3 Å². The Morgan fingerprint density at radius 2 is 1.41 bits per heavy atom. The molecule has 0 aromatic rings. The zero-order valence-corrected chi connectivity index (χ0v) is 16.5. The van der Waals surface area contributed by atoms with Gasteiger partial charge in [-0.15, -0.1) is 0 Å². The van der Waals surface area contributed by atoms with Crippen molar-refractivity contribution in [2.24, 2.45) is 0 Å². The Labute approximate surface area is 169 Å². The molecule has 0 saturated heterocycles. The minimum absolute atomic E-state index is 0.0200. The zero-order chi connectivity index (χ0) is 22.4. The van der Waals surface area contributed by atoms with Gasteiger partial charge in [-0.3, -0.25) is 0 Å². The highest BCUT2D eigenvalue weighted by Gasteiger charge is 2.20. The average molecular weight is 410 g/mol. The molecule has 0 fully saturated rings. The Bertz CT molecular complexity index is 675. The lowest BCUT2D eigenvalue weighted by molar-refractivity contribution is -0.161. The van der Waals surface area contributed by atoms with Crippen LogP contribution < -0.4 is 0 Å². The van der Waals surface area contributed by atoms with Gasteiger partial charge in [0.15, 0.2) is 6.10 Å². The molecule has 9 heteroatoms. The van der Waals surface area contributed by atoms with Crippen LogP contribution in [0.3, 0.4) is 0 Å². The molecule has 0 radical (unpaired) electrons. The summed E-state index contributed by atoms with van der Waals surface area (Å²) in [5.41, 5.74) is 0.297. The van der Waals surface area contributed by atoms with Gasteiger partial charge in [-0.2, -0.15) is 0 Å². The summed E-state index contributed by atoms with van der Waals surface area (Å²) in [5, 5.41) is 9.74. The summed E-state index contributed by atoms with van der Waals surface area (Å²) in [6.07, 6.45) is 1.22. The van der Waals surface area contributed by atoms with E-state index in [2.05, 4.69) is 24.5 Å². The van der Waals surface area contributed by atoms with Crippen molar-refractivity contribution in [2.45, 2.75) is 32.5 Å². The molecule has 1 N–H and O–H groups in total. The zero-order valence-electron chi connectivity index (χ0n) is 16.5. The van der Waals surface area contributed by atoms with E-state index in [0.29, 0.717) is 0 Å². The van der Waals surface area contributed by atoms with Gasteiger partial charge in [-0.1, -0.05) is 25.8 Å². The molecule has 0 saturated carbocycles. The molecular formula is C20H26O9. The van der Waals surface area contributed by atoms with Crippen molar-refractivity contribution in [2.75, 3.05) is 19.8 Å². The smallest absolute Gasteiger partial charge is 0.333 e. The van der Waals surface area contributed by atoms with Gasteiger partial charge in [0.2, 0.25) is 0 Å². The molecule has 160 valence electrons. The van der Waals surface area contributed by atoms with Crippen molar-refractivity contribution in [3.63, 3.8) is 0 Å². The van der Waals surface area contributed by atoms with E-state index in [1.807, 2.05) is 0 Å². The molecule has 0 aliphatic carbocycles. The number of esters is 4. The van der Waals surface area contributed by atoms with Crippen LogP contribution in [0.15, 0.2) is 49.1 Å². The molecule has 0 bridgehead atoms. The normalized spacial score (nSPS) is 12.7. The third-order valence-corrected chi connectivity index (χ3v) is 3.20. The van der Waals surface area contributed by atoms with Crippen LogP contribution in [-0.4, -0.2) is 61.0 Å². The van der Waals surface area contributed by atoms with Crippen molar-refractivity contribution in [1.29, 1.82) is 0 Å². The van der Waals surface area contributed by atoms with Crippen LogP contribution in [-0.2, 0) is 38.1 Å². The molecule has 9 nitrogen and oxygen atoms in total. The molecule has 2 atom stereocenters. The van der Waals surface area contributed by atoms with E-state index in [1.54, 1.807) is 0 Å². The minimum atomic E-state index is -1.06. The molecule has 0 heterocycles. The number of rotatable bonds is 13. The van der Waals surface area contributed by atoms with Gasteiger partial charge in [0.1, 0.15) is 19.8 Å². The predicted molar refractivity (Wildman–Crippen MR) is 102 cm³/mol. The first-order chi connectivity index (χ1) is 13.6. The first kappa shape index (κ1) is 25.8. The molecule has 0 aliphatic rings. The van der Waals surface area contributed by atoms with Gasteiger partial charge < -0.3 is 24.1 Å².